The molecule has 0 aromatic heterocycles. The van der Waals surface area contributed by atoms with Crippen molar-refractivity contribution in [1.29, 1.82) is 0 Å². The van der Waals surface area contributed by atoms with Crippen LogP contribution >= 0.6 is 0 Å². The monoisotopic (exact) mass is 412 g/mol. The lowest BCUT2D eigenvalue weighted by Crippen LogP contribution is -2.05. The molecule has 0 aliphatic heterocycles. The zero-order valence-electron chi connectivity index (χ0n) is 19.4. The van der Waals surface area contributed by atoms with Crippen molar-refractivity contribution in [2.45, 2.75) is 136 Å². The van der Waals surface area contributed by atoms with Crippen LogP contribution in [0, 0.1) is 5.92 Å². The molecule has 0 fully saturated rings. The van der Waals surface area contributed by atoms with E-state index < -0.39 is 5.97 Å². The van der Waals surface area contributed by atoms with Crippen LogP contribution in [0.25, 0.3) is 0 Å². The number of ether oxygens (including phenoxy) is 1. The number of rotatable bonds is 22. The fourth-order valence-corrected chi connectivity index (χ4v) is 3.58. The summed E-state index contributed by atoms with van der Waals surface area (Å²) in [6, 6.07) is 0. The summed E-state index contributed by atoms with van der Waals surface area (Å²) >= 11 is 0. The average molecular weight is 413 g/mol. The van der Waals surface area contributed by atoms with E-state index in [1.54, 1.807) is 0 Å². The molecule has 0 atom stereocenters. The number of unbranched alkanes of at least 4 members (excludes halogenated alkanes) is 14. The Morgan fingerprint density at radius 1 is 0.621 bits per heavy atom. The van der Waals surface area contributed by atoms with E-state index in [1.165, 1.54) is 64.2 Å². The minimum absolute atomic E-state index is 0.0381. The van der Waals surface area contributed by atoms with Gasteiger partial charge in [-0.05, 0) is 25.2 Å². The highest BCUT2D eigenvalue weighted by atomic mass is 16.5. The number of carbonyl (C=O) groups excluding carboxylic acids is 1. The summed E-state index contributed by atoms with van der Waals surface area (Å²) < 4.78 is 5.33. The lowest BCUT2D eigenvalue weighted by Gasteiger charge is -2.06. The van der Waals surface area contributed by atoms with Crippen molar-refractivity contribution in [2.75, 3.05) is 6.61 Å². The van der Waals surface area contributed by atoms with Gasteiger partial charge in [-0.25, -0.2) is 0 Å². The Balaban J connectivity index is 3.18. The molecule has 0 amide bonds. The fraction of sp³-hybridized carbons (Fsp3) is 0.920. The highest BCUT2D eigenvalue weighted by Gasteiger charge is 2.03. The van der Waals surface area contributed by atoms with Gasteiger partial charge in [-0.15, -0.1) is 0 Å². The van der Waals surface area contributed by atoms with Crippen LogP contribution in [-0.4, -0.2) is 23.7 Å². The molecule has 0 aliphatic carbocycles. The molecule has 0 aliphatic rings. The largest absolute Gasteiger partial charge is 0.481 e. The lowest BCUT2D eigenvalue weighted by molar-refractivity contribution is -0.144. The first-order valence-electron chi connectivity index (χ1n) is 12.4. The van der Waals surface area contributed by atoms with Gasteiger partial charge in [-0.1, -0.05) is 104 Å². The van der Waals surface area contributed by atoms with E-state index in [0.29, 0.717) is 19.4 Å². The molecule has 29 heavy (non-hydrogen) atoms. The first-order valence-corrected chi connectivity index (χ1v) is 12.4. The second-order valence-corrected chi connectivity index (χ2v) is 8.95. The maximum atomic E-state index is 11.7. The zero-order valence-corrected chi connectivity index (χ0v) is 19.4. The molecule has 0 radical (unpaired) electrons. The summed E-state index contributed by atoms with van der Waals surface area (Å²) in [7, 11) is 0. The maximum absolute atomic E-state index is 11.7. The average Bonchev–Trinajstić information content (AvgIpc) is 2.67. The van der Waals surface area contributed by atoms with Crippen LogP contribution in [-0.2, 0) is 14.3 Å². The Labute approximate surface area is 180 Å². The van der Waals surface area contributed by atoms with Crippen LogP contribution in [0.5, 0.6) is 0 Å². The van der Waals surface area contributed by atoms with E-state index in [9.17, 15) is 9.59 Å². The van der Waals surface area contributed by atoms with Crippen molar-refractivity contribution in [2.24, 2.45) is 5.92 Å². The molecule has 172 valence electrons. The molecule has 1 N–H and O–H groups in total. The topological polar surface area (TPSA) is 63.6 Å². The summed E-state index contributed by atoms with van der Waals surface area (Å²) in [5, 5.41) is 8.57. The second kappa shape index (κ2) is 21.6. The van der Waals surface area contributed by atoms with E-state index in [4.69, 9.17) is 9.84 Å². The molecule has 0 aromatic carbocycles. The van der Waals surface area contributed by atoms with Crippen LogP contribution < -0.4 is 0 Å². The van der Waals surface area contributed by atoms with Gasteiger partial charge in [0, 0.05) is 12.8 Å². The van der Waals surface area contributed by atoms with Gasteiger partial charge in [0.2, 0.25) is 0 Å². The van der Waals surface area contributed by atoms with Crippen LogP contribution in [0.2, 0.25) is 0 Å². The van der Waals surface area contributed by atoms with Crippen molar-refractivity contribution in [3.8, 4) is 0 Å². The molecule has 0 rings (SSSR count). The molecule has 0 aromatic rings. The van der Waals surface area contributed by atoms with Crippen LogP contribution in [0.1, 0.15) is 136 Å². The SMILES string of the molecule is CC(C)CCCCCCCCCCOC(=O)CCCCCCCCCCC(=O)O. The summed E-state index contributed by atoms with van der Waals surface area (Å²) in [5.74, 6) is 0.106. The van der Waals surface area contributed by atoms with Gasteiger partial charge in [0.1, 0.15) is 0 Å². The van der Waals surface area contributed by atoms with Gasteiger partial charge < -0.3 is 9.84 Å². The Kier molecular flexibility index (Phi) is 20.9. The fourth-order valence-electron chi connectivity index (χ4n) is 3.58. The summed E-state index contributed by atoms with van der Waals surface area (Å²) in [6.45, 7) is 5.18. The minimum Gasteiger partial charge on any atom is -0.481 e. The van der Waals surface area contributed by atoms with Gasteiger partial charge in [-0.3, -0.25) is 9.59 Å². The number of carbonyl (C=O) groups is 2. The number of esters is 1. The Morgan fingerprint density at radius 2 is 1.03 bits per heavy atom. The third-order valence-corrected chi connectivity index (χ3v) is 5.46. The van der Waals surface area contributed by atoms with E-state index in [0.717, 1.165) is 50.9 Å². The first-order chi connectivity index (χ1) is 14.0. The second-order valence-electron chi connectivity index (χ2n) is 8.95. The van der Waals surface area contributed by atoms with Gasteiger partial charge >= 0.3 is 11.9 Å². The van der Waals surface area contributed by atoms with E-state index >= 15 is 0 Å². The normalized spacial score (nSPS) is 11.1. The quantitative estimate of drug-likeness (QED) is 0.146. The van der Waals surface area contributed by atoms with Gasteiger partial charge in [0.05, 0.1) is 6.61 Å². The predicted molar refractivity (Wildman–Crippen MR) is 121 cm³/mol. The summed E-state index contributed by atoms with van der Waals surface area (Å²) in [4.78, 5) is 22.1. The Morgan fingerprint density at radius 3 is 1.52 bits per heavy atom. The lowest BCUT2D eigenvalue weighted by atomic mass is 10.0. The maximum Gasteiger partial charge on any atom is 0.305 e. The summed E-state index contributed by atoms with van der Waals surface area (Å²) in [6.07, 6.45) is 20.9. The molecule has 0 spiro atoms. The van der Waals surface area contributed by atoms with Gasteiger partial charge in [0.25, 0.3) is 0 Å². The van der Waals surface area contributed by atoms with Crippen molar-refractivity contribution in [3.63, 3.8) is 0 Å². The van der Waals surface area contributed by atoms with Crippen LogP contribution in [0.15, 0.2) is 0 Å². The van der Waals surface area contributed by atoms with Gasteiger partial charge in [0.15, 0.2) is 0 Å². The number of carboxylic acids is 1. The smallest absolute Gasteiger partial charge is 0.305 e. The van der Waals surface area contributed by atoms with Crippen molar-refractivity contribution in [3.05, 3.63) is 0 Å². The minimum atomic E-state index is -0.695. The third kappa shape index (κ3) is 24.9. The molecule has 4 nitrogen and oxygen atoms in total. The molecule has 0 bridgehead atoms. The number of carboxylic acid groups (broad SMARTS) is 1. The molecule has 0 saturated heterocycles. The van der Waals surface area contributed by atoms with E-state index in [-0.39, 0.29) is 5.97 Å². The molecule has 0 heterocycles. The van der Waals surface area contributed by atoms with Crippen molar-refractivity contribution < 1.29 is 19.4 Å². The third-order valence-electron chi connectivity index (χ3n) is 5.46. The highest BCUT2D eigenvalue weighted by Crippen LogP contribution is 2.13. The molecule has 4 heteroatoms. The van der Waals surface area contributed by atoms with Crippen LogP contribution in [0.3, 0.4) is 0 Å². The molecular formula is C25H48O4. The molecule has 0 unspecified atom stereocenters. The Hall–Kier alpha value is -1.06. The number of hydrogen-bond acceptors (Lipinski definition) is 3. The number of hydrogen-bond donors (Lipinski definition) is 1. The summed E-state index contributed by atoms with van der Waals surface area (Å²) in [5.41, 5.74) is 0. The zero-order chi connectivity index (χ0) is 21.6. The first kappa shape index (κ1) is 27.9. The number of aliphatic carboxylic acids is 1. The predicted octanol–water partition coefficient (Wildman–Crippen LogP) is 7.68. The van der Waals surface area contributed by atoms with E-state index in [1.807, 2.05) is 0 Å². The molecule has 0 saturated carbocycles. The Bertz CT molecular complexity index is 379. The van der Waals surface area contributed by atoms with Crippen molar-refractivity contribution >= 4 is 11.9 Å². The van der Waals surface area contributed by atoms with E-state index in [2.05, 4.69) is 13.8 Å². The standard InChI is InChI=1S/C25H48O4/c1-23(2)19-15-11-7-5-6-10-14-18-22-29-25(28)21-17-13-9-4-3-8-12-16-20-24(26)27/h23H,3-22H2,1-2H3,(H,26,27). The van der Waals surface area contributed by atoms with Crippen molar-refractivity contribution in [1.82, 2.24) is 0 Å². The van der Waals surface area contributed by atoms with Gasteiger partial charge in [-0.2, -0.15) is 0 Å². The highest BCUT2D eigenvalue weighted by molar-refractivity contribution is 5.69. The molecular weight excluding hydrogens is 364 g/mol. The van der Waals surface area contributed by atoms with Crippen LogP contribution in [0.4, 0.5) is 0 Å².